The highest BCUT2D eigenvalue weighted by atomic mass is 35.5. The maximum absolute atomic E-state index is 11.0. The molecule has 7 heteroatoms. The van der Waals surface area contributed by atoms with Gasteiger partial charge < -0.3 is 10.2 Å². The Morgan fingerprint density at radius 2 is 2.05 bits per heavy atom. The van der Waals surface area contributed by atoms with Gasteiger partial charge in [0.2, 0.25) is 0 Å². The van der Waals surface area contributed by atoms with Gasteiger partial charge in [-0.3, -0.25) is 15.1 Å². The quantitative estimate of drug-likeness (QED) is 0.501. The van der Waals surface area contributed by atoms with Gasteiger partial charge >= 0.3 is 0 Å². The summed E-state index contributed by atoms with van der Waals surface area (Å²) in [6, 6.07) is 4.33. The largest absolute Gasteiger partial charge is 0.390 e. The van der Waals surface area contributed by atoms with Crippen molar-refractivity contribution in [3.63, 3.8) is 0 Å². The molecule has 1 aromatic carbocycles. The predicted octanol–water partition coefficient (Wildman–Crippen LogP) is 2.17. The lowest BCUT2D eigenvalue weighted by atomic mass is 9.96. The average molecular weight is 297 g/mol. The van der Waals surface area contributed by atoms with Gasteiger partial charge in [-0.2, -0.15) is 0 Å². The molecule has 0 aliphatic rings. The number of alkyl halides is 1. The molecule has 0 aliphatic heterocycles. The number of hydrogen-bond donors (Lipinski definition) is 2. The first-order valence-electron chi connectivity index (χ1n) is 5.99. The van der Waals surface area contributed by atoms with Gasteiger partial charge in [-0.05, 0) is 29.5 Å². The van der Waals surface area contributed by atoms with Crippen molar-refractivity contribution in [2.24, 2.45) is 0 Å². The molecule has 0 radical (unpaired) electrons. The van der Waals surface area contributed by atoms with Crippen molar-refractivity contribution in [2.75, 3.05) is 5.88 Å². The number of hydrogen-bond acceptors (Lipinski definition) is 5. The third-order valence-corrected chi connectivity index (χ3v) is 3.33. The summed E-state index contributed by atoms with van der Waals surface area (Å²) in [5.41, 5.74) is 0.335. The topological polar surface area (TPSA) is 96.5 Å². The van der Waals surface area contributed by atoms with Crippen molar-refractivity contribution in [1.29, 1.82) is 0 Å². The van der Waals surface area contributed by atoms with Gasteiger partial charge in [0.25, 0.3) is 5.69 Å². The minimum absolute atomic E-state index is 0.0871. The molecule has 0 bridgehead atoms. The van der Waals surface area contributed by atoms with Crippen LogP contribution in [0.5, 0.6) is 0 Å². The van der Waals surface area contributed by atoms with E-state index in [-0.39, 0.29) is 18.0 Å². The molecule has 0 spiro atoms. The summed E-state index contributed by atoms with van der Waals surface area (Å²) >= 11 is 5.54. The molecule has 0 fully saturated rings. The molecule has 0 saturated carbocycles. The van der Waals surface area contributed by atoms with Crippen LogP contribution in [0, 0.1) is 10.1 Å². The van der Waals surface area contributed by atoms with Crippen LogP contribution in [0.4, 0.5) is 5.69 Å². The lowest BCUT2D eigenvalue weighted by Crippen LogP contribution is -2.19. The van der Waals surface area contributed by atoms with Crippen molar-refractivity contribution >= 4 is 28.1 Å². The van der Waals surface area contributed by atoms with E-state index in [1.54, 1.807) is 6.07 Å². The number of fused-ring (bicyclic) bond motifs is 1. The predicted molar refractivity (Wildman–Crippen MR) is 74.7 cm³/mol. The number of aliphatic hydroxyl groups is 2. The number of pyridine rings is 1. The van der Waals surface area contributed by atoms with E-state index < -0.39 is 17.1 Å². The van der Waals surface area contributed by atoms with Crippen molar-refractivity contribution in [1.82, 2.24) is 4.98 Å². The summed E-state index contributed by atoms with van der Waals surface area (Å²) in [7, 11) is 0. The standard InChI is InChI=1S/C13H13ClN2O4/c14-5-3-12(17)13(18)9-1-2-11(16(19)20)10-7-15-6-4-8(9)10/h1-2,4,6-7,12-13,17-18H,3,5H2. The fourth-order valence-electron chi connectivity index (χ4n) is 2.09. The molecule has 2 atom stereocenters. The van der Waals surface area contributed by atoms with E-state index in [0.29, 0.717) is 16.3 Å². The molecule has 6 nitrogen and oxygen atoms in total. The molecule has 20 heavy (non-hydrogen) atoms. The van der Waals surface area contributed by atoms with E-state index in [1.807, 2.05) is 0 Å². The summed E-state index contributed by atoms with van der Waals surface area (Å²) in [5, 5.41) is 31.8. The van der Waals surface area contributed by atoms with E-state index in [1.165, 1.54) is 24.5 Å². The highest BCUT2D eigenvalue weighted by Gasteiger charge is 2.23. The van der Waals surface area contributed by atoms with Gasteiger partial charge in [0.1, 0.15) is 6.10 Å². The normalized spacial score (nSPS) is 14.2. The van der Waals surface area contributed by atoms with E-state index >= 15 is 0 Å². The van der Waals surface area contributed by atoms with Crippen molar-refractivity contribution in [3.05, 3.63) is 46.3 Å². The second kappa shape index (κ2) is 6.13. The van der Waals surface area contributed by atoms with Gasteiger partial charge in [-0.1, -0.05) is 0 Å². The second-order valence-corrected chi connectivity index (χ2v) is 4.72. The summed E-state index contributed by atoms with van der Waals surface area (Å²) in [6.07, 6.45) is 0.907. The molecule has 2 N–H and O–H groups in total. The molecule has 2 unspecified atom stereocenters. The Bertz CT molecular complexity index is 635. The first kappa shape index (κ1) is 14.6. The average Bonchev–Trinajstić information content (AvgIpc) is 2.45. The molecule has 0 aliphatic carbocycles. The summed E-state index contributed by atoms with van der Waals surface area (Å²) < 4.78 is 0. The number of nitrogens with zero attached hydrogens (tertiary/aromatic N) is 2. The van der Waals surface area contributed by atoms with Crippen LogP contribution in [0.1, 0.15) is 18.1 Å². The fraction of sp³-hybridized carbons (Fsp3) is 0.308. The Labute approximate surface area is 119 Å². The maximum Gasteiger partial charge on any atom is 0.278 e. The smallest absolute Gasteiger partial charge is 0.278 e. The minimum Gasteiger partial charge on any atom is -0.390 e. The molecule has 1 aromatic heterocycles. The third kappa shape index (κ3) is 2.72. The molecule has 1 heterocycles. The highest BCUT2D eigenvalue weighted by molar-refractivity contribution is 6.17. The zero-order chi connectivity index (χ0) is 14.7. The third-order valence-electron chi connectivity index (χ3n) is 3.11. The van der Waals surface area contributed by atoms with E-state index in [2.05, 4.69) is 4.98 Å². The molecule has 2 aromatic rings. The first-order chi connectivity index (χ1) is 9.56. The van der Waals surface area contributed by atoms with Crippen molar-refractivity contribution in [2.45, 2.75) is 18.6 Å². The van der Waals surface area contributed by atoms with E-state index in [4.69, 9.17) is 11.6 Å². The number of nitro benzene ring substituents is 1. The molecular formula is C13H13ClN2O4. The van der Waals surface area contributed by atoms with Gasteiger partial charge in [-0.25, -0.2) is 0 Å². The zero-order valence-electron chi connectivity index (χ0n) is 10.4. The second-order valence-electron chi connectivity index (χ2n) is 4.34. The van der Waals surface area contributed by atoms with Crippen LogP contribution in [-0.4, -0.2) is 32.1 Å². The number of non-ortho nitro benzene ring substituents is 1. The number of aromatic nitrogens is 1. The lowest BCUT2D eigenvalue weighted by molar-refractivity contribution is -0.383. The molecular weight excluding hydrogens is 284 g/mol. The fourth-order valence-corrected chi connectivity index (χ4v) is 2.32. The van der Waals surface area contributed by atoms with Gasteiger partial charge in [0, 0.05) is 24.3 Å². The van der Waals surface area contributed by atoms with Crippen LogP contribution in [0.25, 0.3) is 10.8 Å². The Kier molecular flexibility index (Phi) is 4.49. The van der Waals surface area contributed by atoms with Crippen molar-refractivity contribution < 1.29 is 15.1 Å². The molecule has 106 valence electrons. The van der Waals surface area contributed by atoms with Gasteiger partial charge in [0.15, 0.2) is 0 Å². The van der Waals surface area contributed by atoms with Crippen molar-refractivity contribution in [3.8, 4) is 0 Å². The maximum atomic E-state index is 11.0. The Morgan fingerprint density at radius 1 is 1.30 bits per heavy atom. The van der Waals surface area contributed by atoms with Gasteiger partial charge in [-0.15, -0.1) is 11.6 Å². The van der Waals surface area contributed by atoms with Crippen LogP contribution in [0.15, 0.2) is 30.6 Å². The minimum atomic E-state index is -1.15. The number of aliphatic hydroxyl groups excluding tert-OH is 2. The Hall–Kier alpha value is -1.76. The van der Waals surface area contributed by atoms with Crippen LogP contribution in [0.3, 0.4) is 0 Å². The Morgan fingerprint density at radius 3 is 2.70 bits per heavy atom. The van der Waals surface area contributed by atoms with Crippen LogP contribution in [0.2, 0.25) is 0 Å². The van der Waals surface area contributed by atoms with Crippen LogP contribution in [-0.2, 0) is 0 Å². The van der Waals surface area contributed by atoms with Crippen LogP contribution < -0.4 is 0 Å². The number of halogens is 1. The first-order valence-corrected chi connectivity index (χ1v) is 6.52. The number of rotatable bonds is 5. The van der Waals surface area contributed by atoms with Crippen LogP contribution >= 0.6 is 11.6 Å². The highest BCUT2D eigenvalue weighted by Crippen LogP contribution is 2.32. The number of nitro groups is 1. The Balaban J connectivity index is 2.56. The summed E-state index contributed by atoms with van der Waals surface area (Å²) in [6.45, 7) is 0. The van der Waals surface area contributed by atoms with E-state index in [0.717, 1.165) is 0 Å². The monoisotopic (exact) mass is 296 g/mol. The molecule has 0 saturated heterocycles. The SMILES string of the molecule is O=[N+]([O-])c1ccc(C(O)C(O)CCCl)c2ccncc12. The van der Waals surface area contributed by atoms with E-state index in [9.17, 15) is 20.3 Å². The summed E-state index contributed by atoms with van der Waals surface area (Å²) in [4.78, 5) is 14.3. The zero-order valence-corrected chi connectivity index (χ0v) is 11.2. The summed E-state index contributed by atoms with van der Waals surface area (Å²) in [5.74, 6) is 0.213. The lowest BCUT2D eigenvalue weighted by Gasteiger charge is -2.18. The van der Waals surface area contributed by atoms with Gasteiger partial charge in [0.05, 0.1) is 16.4 Å². The molecule has 0 amide bonds. The number of benzene rings is 1. The molecule has 2 rings (SSSR count).